The molecule has 1 N–H and O–H groups in total. The number of methoxy groups -OCH3 is 1. The molecule has 1 amide bonds. The zero-order chi connectivity index (χ0) is 19.2. The van der Waals surface area contributed by atoms with Gasteiger partial charge in [0, 0.05) is 26.7 Å². The van der Waals surface area contributed by atoms with Gasteiger partial charge in [0.15, 0.2) is 11.5 Å². The molecule has 0 radical (unpaired) electrons. The van der Waals surface area contributed by atoms with Gasteiger partial charge in [-0.25, -0.2) is 13.1 Å². The van der Waals surface area contributed by atoms with Gasteiger partial charge in [0.25, 0.3) is 5.91 Å². The first-order valence-corrected chi connectivity index (χ1v) is 10.3. The predicted octanol–water partition coefficient (Wildman–Crippen LogP) is 0.509. The van der Waals surface area contributed by atoms with Gasteiger partial charge >= 0.3 is 0 Å². The van der Waals surface area contributed by atoms with E-state index in [9.17, 15) is 13.2 Å². The molecule has 0 aliphatic carbocycles. The number of sulfonamides is 1. The predicted molar refractivity (Wildman–Crippen MR) is 93.9 cm³/mol. The summed E-state index contributed by atoms with van der Waals surface area (Å²) in [6.07, 6.45) is 1.95. The molecule has 148 valence electrons. The van der Waals surface area contributed by atoms with Crippen LogP contribution in [0.5, 0.6) is 17.2 Å². The van der Waals surface area contributed by atoms with Crippen molar-refractivity contribution in [3.05, 3.63) is 11.1 Å². The smallest absolute Gasteiger partial charge is 0.257 e. The molecule has 3 heterocycles. The van der Waals surface area contributed by atoms with E-state index in [0.717, 1.165) is 12.8 Å². The molecule has 4 rings (SSSR count). The molecule has 0 spiro atoms. The summed E-state index contributed by atoms with van der Waals surface area (Å²) < 4.78 is 50.7. The highest BCUT2D eigenvalue weighted by molar-refractivity contribution is 7.89. The fourth-order valence-electron chi connectivity index (χ4n) is 3.71. The minimum absolute atomic E-state index is 0.0368. The average Bonchev–Trinajstić information content (AvgIpc) is 3.32. The highest BCUT2D eigenvalue weighted by atomic mass is 32.2. The molecule has 27 heavy (non-hydrogen) atoms. The Balaban J connectivity index is 1.83. The lowest BCUT2D eigenvalue weighted by atomic mass is 9.97. The maximum atomic E-state index is 13.1. The van der Waals surface area contributed by atoms with Crippen molar-refractivity contribution in [3.8, 4) is 17.2 Å². The topological polar surface area (TPSA) is 103 Å². The quantitative estimate of drug-likeness (QED) is 0.771. The van der Waals surface area contributed by atoms with Crippen molar-refractivity contribution in [2.45, 2.75) is 30.3 Å². The number of carbonyl (C=O) groups excluding carboxylic acids is 1. The van der Waals surface area contributed by atoms with Gasteiger partial charge in [-0.1, -0.05) is 0 Å². The van der Waals surface area contributed by atoms with Crippen molar-refractivity contribution < 1.29 is 32.2 Å². The molecule has 1 aromatic rings. The van der Waals surface area contributed by atoms with E-state index in [2.05, 4.69) is 4.72 Å². The van der Waals surface area contributed by atoms with Crippen LogP contribution in [0.25, 0.3) is 0 Å². The first-order chi connectivity index (χ1) is 12.9. The third kappa shape index (κ3) is 3.01. The summed E-state index contributed by atoms with van der Waals surface area (Å²) in [4.78, 5) is 14.3. The summed E-state index contributed by atoms with van der Waals surface area (Å²) in [5.74, 6) is 0.161. The van der Waals surface area contributed by atoms with Gasteiger partial charge in [0.1, 0.15) is 4.90 Å². The molecule has 1 atom stereocenters. The van der Waals surface area contributed by atoms with Crippen LogP contribution >= 0.6 is 0 Å². The average molecular weight is 398 g/mol. The first-order valence-electron chi connectivity index (χ1n) is 8.83. The molecule has 1 aromatic carbocycles. The monoisotopic (exact) mass is 398 g/mol. The van der Waals surface area contributed by atoms with E-state index < -0.39 is 10.0 Å². The maximum absolute atomic E-state index is 13.1. The second-order valence-electron chi connectivity index (χ2n) is 6.74. The Kier molecular flexibility index (Phi) is 4.65. The van der Waals surface area contributed by atoms with Crippen LogP contribution in [0.1, 0.15) is 28.8 Å². The van der Waals surface area contributed by atoms with Crippen LogP contribution in [0.3, 0.4) is 0 Å². The second kappa shape index (κ2) is 6.84. The van der Waals surface area contributed by atoms with Gasteiger partial charge in [-0.3, -0.25) is 4.79 Å². The van der Waals surface area contributed by atoms with Crippen molar-refractivity contribution >= 4 is 15.9 Å². The minimum atomic E-state index is -3.94. The molecule has 0 bridgehead atoms. The van der Waals surface area contributed by atoms with Crippen molar-refractivity contribution in [2.24, 2.45) is 0 Å². The standard InChI is InChI=1S/C17H22N2O7S/c1-19-6-5-11-12(17(19)20)13(23-2)14-15(26-9-25-14)16(11)27(21,22)18-8-10-4-3-7-24-10/h10,18H,3-9H2,1-2H3/t10-/m1/s1. The van der Waals surface area contributed by atoms with Crippen molar-refractivity contribution in [1.82, 2.24) is 9.62 Å². The van der Waals surface area contributed by atoms with Crippen LogP contribution in [0.2, 0.25) is 0 Å². The lowest BCUT2D eigenvalue weighted by Crippen LogP contribution is -2.37. The number of hydrogen-bond donors (Lipinski definition) is 1. The van der Waals surface area contributed by atoms with E-state index in [-0.39, 0.29) is 53.1 Å². The summed E-state index contributed by atoms with van der Waals surface area (Å²) in [7, 11) is -0.856. The molecular weight excluding hydrogens is 376 g/mol. The summed E-state index contributed by atoms with van der Waals surface area (Å²) in [5, 5.41) is 0. The second-order valence-corrected chi connectivity index (χ2v) is 8.45. The lowest BCUT2D eigenvalue weighted by Gasteiger charge is -2.28. The number of amides is 1. The SMILES string of the molecule is COc1c2c(c(S(=O)(=O)NC[C@H]3CCCO3)c3c1C(=O)N(C)CC3)OCO2. The normalized spacial score (nSPS) is 21.5. The van der Waals surface area contributed by atoms with Crippen molar-refractivity contribution in [2.75, 3.05) is 40.6 Å². The number of nitrogens with zero attached hydrogens (tertiary/aromatic N) is 1. The Hall–Kier alpha value is -2.04. The number of ether oxygens (including phenoxy) is 4. The Bertz CT molecular complexity index is 878. The van der Waals surface area contributed by atoms with Gasteiger partial charge in [0.2, 0.25) is 22.6 Å². The number of fused-ring (bicyclic) bond motifs is 2. The van der Waals surface area contributed by atoms with Gasteiger partial charge in [-0.2, -0.15) is 0 Å². The van der Waals surface area contributed by atoms with Crippen LogP contribution in [-0.4, -0.2) is 66.0 Å². The van der Waals surface area contributed by atoms with E-state index in [1.54, 1.807) is 7.05 Å². The van der Waals surface area contributed by atoms with Crippen LogP contribution in [0.15, 0.2) is 4.90 Å². The van der Waals surface area contributed by atoms with Crippen LogP contribution in [-0.2, 0) is 21.2 Å². The zero-order valence-electron chi connectivity index (χ0n) is 15.2. The van der Waals surface area contributed by atoms with E-state index in [1.807, 2.05) is 0 Å². The number of likely N-dealkylation sites (N-methyl/N-ethyl adjacent to an activating group) is 1. The zero-order valence-corrected chi connectivity index (χ0v) is 16.1. The van der Waals surface area contributed by atoms with Gasteiger partial charge in [-0.15, -0.1) is 0 Å². The lowest BCUT2D eigenvalue weighted by molar-refractivity contribution is 0.0775. The van der Waals surface area contributed by atoms with E-state index in [0.29, 0.717) is 25.1 Å². The van der Waals surface area contributed by atoms with Gasteiger partial charge < -0.3 is 23.8 Å². The van der Waals surface area contributed by atoms with Crippen LogP contribution in [0.4, 0.5) is 0 Å². The molecule has 0 aromatic heterocycles. The minimum Gasteiger partial charge on any atom is -0.492 e. The number of hydrogen-bond acceptors (Lipinski definition) is 7. The molecule has 10 heteroatoms. The van der Waals surface area contributed by atoms with Crippen molar-refractivity contribution in [1.29, 1.82) is 0 Å². The summed E-state index contributed by atoms with van der Waals surface area (Å²) in [5.41, 5.74) is 0.618. The number of benzene rings is 1. The highest BCUT2D eigenvalue weighted by Crippen LogP contribution is 2.51. The van der Waals surface area contributed by atoms with Gasteiger partial charge in [0.05, 0.1) is 18.8 Å². The molecular formula is C17H22N2O7S. The molecule has 0 saturated carbocycles. The Morgan fingerprint density at radius 1 is 1.30 bits per heavy atom. The molecule has 1 fully saturated rings. The fraction of sp³-hybridized carbons (Fsp3) is 0.588. The Morgan fingerprint density at radius 3 is 2.78 bits per heavy atom. The van der Waals surface area contributed by atoms with Crippen LogP contribution in [0, 0.1) is 0 Å². The third-order valence-corrected chi connectivity index (χ3v) is 6.60. The summed E-state index contributed by atoms with van der Waals surface area (Å²) in [6, 6.07) is 0. The first kappa shape index (κ1) is 18.3. The Labute approximate surface area is 157 Å². The fourth-order valence-corrected chi connectivity index (χ4v) is 5.19. The summed E-state index contributed by atoms with van der Waals surface area (Å²) in [6.45, 7) is 1.08. The largest absolute Gasteiger partial charge is 0.492 e. The molecule has 9 nitrogen and oxygen atoms in total. The molecule has 1 saturated heterocycles. The summed E-state index contributed by atoms with van der Waals surface area (Å²) >= 11 is 0. The van der Waals surface area contributed by atoms with Crippen molar-refractivity contribution in [3.63, 3.8) is 0 Å². The molecule has 3 aliphatic rings. The molecule has 0 unspecified atom stereocenters. The van der Waals surface area contributed by atoms with E-state index in [4.69, 9.17) is 18.9 Å². The number of carbonyl (C=O) groups is 1. The molecule has 3 aliphatic heterocycles. The highest BCUT2D eigenvalue weighted by Gasteiger charge is 2.40. The van der Waals surface area contributed by atoms with E-state index >= 15 is 0 Å². The number of nitrogens with one attached hydrogen (secondary N) is 1. The van der Waals surface area contributed by atoms with Crippen LogP contribution < -0.4 is 18.9 Å². The number of rotatable bonds is 5. The third-order valence-electron chi connectivity index (χ3n) is 5.08. The maximum Gasteiger partial charge on any atom is 0.257 e. The van der Waals surface area contributed by atoms with E-state index in [1.165, 1.54) is 12.0 Å². The van der Waals surface area contributed by atoms with Gasteiger partial charge in [-0.05, 0) is 24.8 Å². The Morgan fingerprint density at radius 2 is 2.07 bits per heavy atom.